The van der Waals surface area contributed by atoms with Crippen LogP contribution in [0.1, 0.15) is 18.1 Å². The Kier molecular flexibility index (Phi) is 6.68. The first-order valence-corrected chi connectivity index (χ1v) is 12.7. The zero-order valence-corrected chi connectivity index (χ0v) is 17.6. The fourth-order valence-corrected chi connectivity index (χ4v) is 5.89. The van der Waals surface area contributed by atoms with Crippen molar-refractivity contribution in [3.63, 3.8) is 0 Å². The number of ether oxygens (including phenoxy) is 1. The van der Waals surface area contributed by atoms with Crippen LogP contribution in [-0.4, -0.2) is 69.4 Å². The largest absolute Gasteiger partial charge is 0.488 e. The molecule has 31 heavy (non-hydrogen) atoms. The third kappa shape index (κ3) is 5.71. The molecule has 0 spiro atoms. The lowest BCUT2D eigenvalue weighted by atomic mass is 10.1. The van der Waals surface area contributed by atoms with E-state index >= 15 is 0 Å². The van der Waals surface area contributed by atoms with Crippen molar-refractivity contribution in [2.45, 2.75) is 30.7 Å². The van der Waals surface area contributed by atoms with Crippen LogP contribution in [0, 0.1) is 0 Å². The molecule has 1 aromatic heterocycles. The summed E-state index contributed by atoms with van der Waals surface area (Å²) in [7, 11) is -16.3. The predicted molar refractivity (Wildman–Crippen MR) is 98.0 cm³/mol. The number of aromatic nitrogens is 3. The Balaban J connectivity index is 1.74. The molecule has 3 heterocycles. The highest BCUT2D eigenvalue weighted by atomic mass is 31.3. The van der Waals surface area contributed by atoms with Gasteiger partial charge in [-0.2, -0.15) is 8.99 Å². The van der Waals surface area contributed by atoms with Gasteiger partial charge in [-0.1, -0.05) is 5.21 Å². The van der Waals surface area contributed by atoms with E-state index in [1.54, 1.807) is 0 Å². The molecular weight excluding hydrogens is 489 g/mol. The molecule has 0 radical (unpaired) electrons. The molecule has 1 fully saturated rings. The maximum absolute atomic E-state index is 11.9. The highest BCUT2D eigenvalue weighted by Crippen LogP contribution is 2.66. The zero-order valence-electron chi connectivity index (χ0n) is 15.0. The Labute approximate surface area is 172 Å². The molecule has 174 valence electrons. The summed E-state index contributed by atoms with van der Waals surface area (Å²) >= 11 is 0. The summed E-state index contributed by atoms with van der Waals surface area (Å²) < 4.78 is 47.7. The second-order valence-corrected chi connectivity index (χ2v) is 10.8. The minimum Gasteiger partial charge on any atom is -0.387 e. The smallest absolute Gasteiger partial charge is 0.387 e. The molecule has 18 nitrogen and oxygen atoms in total. The molecule has 21 heteroatoms. The lowest BCUT2D eigenvalue weighted by molar-refractivity contribution is -0.0339. The van der Waals surface area contributed by atoms with Crippen LogP contribution in [0.2, 0.25) is 0 Å². The van der Waals surface area contributed by atoms with Crippen molar-refractivity contribution in [3.05, 3.63) is 17.6 Å². The highest BCUT2D eigenvalue weighted by molar-refractivity contribution is 7.69. The summed E-state index contributed by atoms with van der Waals surface area (Å²) in [5.41, 5.74) is 5.96. The highest BCUT2D eigenvalue weighted by Gasteiger charge is 2.45. The van der Waals surface area contributed by atoms with Gasteiger partial charge in [-0.15, -0.1) is 5.10 Å². The van der Waals surface area contributed by atoms with Gasteiger partial charge < -0.3 is 45.6 Å². The first-order chi connectivity index (χ1) is 14.2. The number of hydrogen-bond acceptors (Lipinski definition) is 13. The Bertz CT molecular complexity index is 1040. The SMILES string of the molecule is NC1N=CNc2c1nnn2[C@@H]1O[C@H](/C=C/P(=O)(O)OP(=O)(O)OP(=O)(O)O)[C@@H](O)[C@H]1O. The van der Waals surface area contributed by atoms with Gasteiger partial charge in [0.2, 0.25) is 0 Å². The third-order valence-corrected chi connectivity index (χ3v) is 7.83. The molecular formula is C10H17N6O12P3. The summed E-state index contributed by atoms with van der Waals surface area (Å²) in [5.74, 6) is 0.523. The van der Waals surface area contributed by atoms with Gasteiger partial charge in [0.05, 0.1) is 6.34 Å². The molecule has 0 saturated carbocycles. The van der Waals surface area contributed by atoms with Gasteiger partial charge in [-0.05, 0) is 6.08 Å². The van der Waals surface area contributed by atoms with Gasteiger partial charge in [0.25, 0.3) is 0 Å². The van der Waals surface area contributed by atoms with Gasteiger partial charge in [-0.25, -0.2) is 13.4 Å². The number of phosphoric acid groups is 2. The number of fused-ring (bicyclic) bond motifs is 1. The zero-order chi connectivity index (χ0) is 23.2. The minimum atomic E-state index is -5.63. The van der Waals surface area contributed by atoms with Crippen molar-refractivity contribution in [2.75, 3.05) is 5.32 Å². The summed E-state index contributed by atoms with van der Waals surface area (Å²) in [6.07, 6.45) is -4.85. The quantitative estimate of drug-likeness (QED) is 0.190. The van der Waals surface area contributed by atoms with Crippen LogP contribution in [0.5, 0.6) is 0 Å². The van der Waals surface area contributed by atoms with Crippen molar-refractivity contribution in [1.82, 2.24) is 15.0 Å². The number of aliphatic hydroxyl groups is 2. The summed E-state index contributed by atoms with van der Waals surface area (Å²) in [5, 5.41) is 30.7. The van der Waals surface area contributed by atoms with Crippen LogP contribution in [0.4, 0.5) is 5.82 Å². The Morgan fingerprint density at radius 3 is 2.48 bits per heavy atom. The van der Waals surface area contributed by atoms with E-state index in [0.29, 0.717) is 5.82 Å². The number of hydrogen-bond donors (Lipinski definition) is 8. The van der Waals surface area contributed by atoms with E-state index in [0.717, 1.165) is 10.8 Å². The molecule has 2 aliphatic heterocycles. The molecule has 0 aromatic carbocycles. The predicted octanol–water partition coefficient (Wildman–Crippen LogP) is -1.77. The van der Waals surface area contributed by atoms with Gasteiger partial charge in [0.15, 0.2) is 12.0 Å². The van der Waals surface area contributed by atoms with Crippen molar-refractivity contribution in [1.29, 1.82) is 0 Å². The van der Waals surface area contributed by atoms with E-state index in [9.17, 15) is 28.8 Å². The molecule has 0 amide bonds. The molecule has 3 unspecified atom stereocenters. The third-order valence-electron chi connectivity index (χ3n) is 3.85. The standard InChI is InChI=1S/C10H17N6O12P3/c11-8-5-9(13-3-12-8)16(15-14-5)10-7(18)6(17)4(26-10)1-2-29(19,20)27-31(24,25)28-30(21,22)23/h1-4,6-8,10,17-18H,11H2,(H,12,13)(H,19,20)(H,24,25)(H2,21,22,23)/b2-1+/t4-,6-,7-,8?,10-/m1/s1. The molecule has 0 aliphatic carbocycles. The van der Waals surface area contributed by atoms with Crippen LogP contribution < -0.4 is 11.1 Å². The molecule has 1 aromatic rings. The summed E-state index contributed by atoms with van der Waals surface area (Å²) in [6, 6.07) is 0. The number of nitrogens with two attached hydrogens (primary N) is 1. The second-order valence-electron chi connectivity index (χ2n) is 6.14. The van der Waals surface area contributed by atoms with Crippen molar-refractivity contribution in [2.24, 2.45) is 10.7 Å². The molecule has 1 saturated heterocycles. The van der Waals surface area contributed by atoms with Gasteiger partial charge in [0, 0.05) is 5.82 Å². The maximum Gasteiger partial charge on any atom is 0.488 e. The van der Waals surface area contributed by atoms with Crippen LogP contribution in [0.3, 0.4) is 0 Å². The van der Waals surface area contributed by atoms with Crippen LogP contribution in [-0.2, 0) is 27.1 Å². The fraction of sp³-hybridized carbons (Fsp3) is 0.500. The van der Waals surface area contributed by atoms with Gasteiger partial charge in [0.1, 0.15) is 30.2 Å². The number of nitrogens with zero attached hydrogens (tertiary/aromatic N) is 4. The van der Waals surface area contributed by atoms with Crippen LogP contribution in [0.15, 0.2) is 16.9 Å². The summed E-state index contributed by atoms with van der Waals surface area (Å²) in [6.45, 7) is 0. The van der Waals surface area contributed by atoms with Gasteiger partial charge in [-0.3, -0.25) is 9.56 Å². The van der Waals surface area contributed by atoms with Gasteiger partial charge >= 0.3 is 23.2 Å². The molecule has 3 rings (SSSR count). The molecule has 7 atom stereocenters. The van der Waals surface area contributed by atoms with Crippen molar-refractivity contribution >= 4 is 35.4 Å². The lowest BCUT2D eigenvalue weighted by Gasteiger charge is -2.19. The summed E-state index contributed by atoms with van der Waals surface area (Å²) in [4.78, 5) is 39.6. The molecule has 2 aliphatic rings. The maximum atomic E-state index is 11.9. The van der Waals surface area contributed by atoms with Crippen molar-refractivity contribution < 1.29 is 56.8 Å². The minimum absolute atomic E-state index is 0.218. The van der Waals surface area contributed by atoms with E-state index in [1.807, 2.05) is 0 Å². The average molecular weight is 506 g/mol. The fourth-order valence-electron chi connectivity index (χ4n) is 2.64. The van der Waals surface area contributed by atoms with E-state index in [-0.39, 0.29) is 11.5 Å². The number of aliphatic hydroxyl groups excluding tert-OH is 2. The van der Waals surface area contributed by atoms with Crippen molar-refractivity contribution in [3.8, 4) is 0 Å². The number of anilines is 1. The van der Waals surface area contributed by atoms with E-state index in [2.05, 4.69) is 29.2 Å². The van der Waals surface area contributed by atoms with Crippen LogP contribution in [0.25, 0.3) is 0 Å². The van der Waals surface area contributed by atoms with E-state index in [1.165, 1.54) is 6.34 Å². The number of nitrogens with one attached hydrogen (secondary N) is 1. The molecule has 0 bridgehead atoms. The second kappa shape index (κ2) is 8.53. The number of aliphatic imine (C=N–C) groups is 1. The number of rotatable bonds is 7. The normalized spacial score (nSPS) is 32.4. The topological polar surface area (TPSA) is 281 Å². The Morgan fingerprint density at radius 2 is 1.84 bits per heavy atom. The Morgan fingerprint density at radius 1 is 1.16 bits per heavy atom. The van der Waals surface area contributed by atoms with E-state index < -0.39 is 53.9 Å². The average Bonchev–Trinajstić information content (AvgIpc) is 3.13. The molecule has 9 N–H and O–H groups in total. The van der Waals surface area contributed by atoms with Crippen LogP contribution >= 0.6 is 23.2 Å². The Hall–Kier alpha value is -1.36. The van der Waals surface area contributed by atoms with E-state index in [4.69, 9.17) is 25.2 Å². The first kappa shape index (κ1) is 24.3. The lowest BCUT2D eigenvalue weighted by Crippen LogP contribution is -2.31. The monoisotopic (exact) mass is 506 g/mol. The first-order valence-electron chi connectivity index (χ1n) is 8.02.